The maximum Gasteiger partial charge on any atom is 0.245 e. The van der Waals surface area contributed by atoms with Gasteiger partial charge in [-0.1, -0.05) is 32.9 Å². The fourth-order valence-electron chi connectivity index (χ4n) is 1.77. The summed E-state index contributed by atoms with van der Waals surface area (Å²) in [7, 11) is -3.49. The molecule has 0 unspecified atom stereocenters. The minimum absolute atomic E-state index is 0.344. The summed E-state index contributed by atoms with van der Waals surface area (Å²) in [6, 6.07) is 2.11. The molecule has 0 aliphatic heterocycles. The number of halogens is 1. The Balaban J connectivity index is 3.04. The Kier molecular flexibility index (Phi) is 7.06. The largest absolute Gasteiger partial charge is 0.310 e. The summed E-state index contributed by atoms with van der Waals surface area (Å²) in [4.78, 5) is 1.34. The van der Waals surface area contributed by atoms with Crippen LogP contribution >= 0.6 is 27.3 Å². The average molecular weight is 395 g/mol. The van der Waals surface area contributed by atoms with E-state index in [1.54, 1.807) is 6.07 Å². The van der Waals surface area contributed by atoms with Crippen LogP contribution in [0, 0.1) is 0 Å². The molecule has 21 heavy (non-hydrogen) atoms. The quantitative estimate of drug-likeness (QED) is 0.685. The van der Waals surface area contributed by atoms with Gasteiger partial charge >= 0.3 is 0 Å². The van der Waals surface area contributed by atoms with Gasteiger partial charge in [0.2, 0.25) is 10.0 Å². The van der Waals surface area contributed by atoms with E-state index in [4.69, 9.17) is 0 Å². The Bertz CT molecular complexity index is 594. The Morgan fingerprint density at radius 1 is 1.52 bits per heavy atom. The van der Waals surface area contributed by atoms with Gasteiger partial charge < -0.3 is 5.32 Å². The molecule has 1 aromatic heterocycles. The summed E-state index contributed by atoms with van der Waals surface area (Å²) in [6.45, 7) is 13.0. The second-order valence-corrected chi connectivity index (χ2v) is 9.64. The van der Waals surface area contributed by atoms with Crippen molar-refractivity contribution in [2.45, 2.75) is 45.2 Å². The number of nitrogens with zero attached hydrogens (tertiary/aromatic N) is 1. The summed E-state index contributed by atoms with van der Waals surface area (Å²) in [5.41, 5.74) is 0.827. The first-order valence-electron chi connectivity index (χ1n) is 6.84. The van der Waals surface area contributed by atoms with Crippen LogP contribution in [0.2, 0.25) is 0 Å². The second kappa shape index (κ2) is 7.87. The highest BCUT2D eigenvalue weighted by molar-refractivity contribution is 9.11. The molecular weight excluding hydrogens is 372 g/mol. The maximum atomic E-state index is 12.7. The molecule has 0 aliphatic carbocycles. The van der Waals surface area contributed by atoms with E-state index in [9.17, 15) is 8.42 Å². The third-order valence-electron chi connectivity index (χ3n) is 2.81. The molecule has 0 aliphatic rings. The standard InChI is InChI=1S/C14H23BrN2O2S2/c1-6-17(9-10(2)3)21(18,19)13-7-12(20-14(13)15)8-16-11(4)5/h7,11,16H,2,6,8-9H2,1,3-5H3. The molecule has 1 N–H and O–H groups in total. The van der Waals surface area contributed by atoms with Crippen LogP contribution in [0.3, 0.4) is 0 Å². The van der Waals surface area contributed by atoms with Gasteiger partial charge in [-0.3, -0.25) is 0 Å². The van der Waals surface area contributed by atoms with Gasteiger partial charge in [-0.15, -0.1) is 11.3 Å². The van der Waals surface area contributed by atoms with Gasteiger partial charge in [0.25, 0.3) is 0 Å². The molecule has 120 valence electrons. The van der Waals surface area contributed by atoms with Gasteiger partial charge in [-0.2, -0.15) is 4.31 Å². The zero-order chi connectivity index (χ0) is 16.2. The van der Waals surface area contributed by atoms with Crippen molar-refractivity contribution in [3.8, 4) is 0 Å². The monoisotopic (exact) mass is 394 g/mol. The molecule has 7 heteroatoms. The highest BCUT2D eigenvalue weighted by atomic mass is 79.9. The number of hydrogen-bond donors (Lipinski definition) is 1. The topological polar surface area (TPSA) is 49.4 Å². The van der Waals surface area contributed by atoms with E-state index in [1.165, 1.54) is 15.6 Å². The van der Waals surface area contributed by atoms with Gasteiger partial charge in [-0.05, 0) is 28.9 Å². The van der Waals surface area contributed by atoms with Crippen LogP contribution in [0.25, 0.3) is 0 Å². The van der Waals surface area contributed by atoms with Crippen LogP contribution < -0.4 is 5.32 Å². The van der Waals surface area contributed by atoms with Gasteiger partial charge in [-0.25, -0.2) is 8.42 Å². The Labute approximate surface area is 140 Å². The van der Waals surface area contributed by atoms with Gasteiger partial charge in [0.1, 0.15) is 4.90 Å². The summed E-state index contributed by atoms with van der Waals surface area (Å²) >= 11 is 4.84. The number of rotatable bonds is 8. The minimum Gasteiger partial charge on any atom is -0.310 e. The normalized spacial score (nSPS) is 12.3. The van der Waals surface area contributed by atoms with Crippen molar-refractivity contribution < 1.29 is 8.42 Å². The number of nitrogens with one attached hydrogen (secondary N) is 1. The summed E-state index contributed by atoms with van der Waals surface area (Å²) < 4.78 is 27.5. The van der Waals surface area contributed by atoms with Crippen LogP contribution in [0.15, 0.2) is 26.9 Å². The van der Waals surface area contributed by atoms with Crippen molar-refractivity contribution in [3.63, 3.8) is 0 Å². The average Bonchev–Trinajstić information content (AvgIpc) is 2.75. The van der Waals surface area contributed by atoms with E-state index in [2.05, 4.69) is 41.7 Å². The molecule has 4 nitrogen and oxygen atoms in total. The van der Waals surface area contributed by atoms with Crippen molar-refractivity contribution in [2.24, 2.45) is 0 Å². The van der Waals surface area contributed by atoms with E-state index in [-0.39, 0.29) is 0 Å². The third kappa shape index (κ3) is 5.17. The fraction of sp³-hybridized carbons (Fsp3) is 0.571. The number of likely N-dealkylation sites (N-methyl/N-ethyl adjacent to an activating group) is 1. The third-order valence-corrected chi connectivity index (χ3v) is 6.98. The smallest absolute Gasteiger partial charge is 0.245 e. The maximum absolute atomic E-state index is 12.7. The molecule has 0 atom stereocenters. The van der Waals surface area contributed by atoms with Crippen molar-refractivity contribution in [2.75, 3.05) is 13.1 Å². The zero-order valence-electron chi connectivity index (χ0n) is 12.9. The zero-order valence-corrected chi connectivity index (χ0v) is 16.2. The number of sulfonamides is 1. The molecule has 0 amide bonds. The van der Waals surface area contributed by atoms with Crippen LogP contribution in [0.4, 0.5) is 0 Å². The van der Waals surface area contributed by atoms with E-state index < -0.39 is 10.0 Å². The van der Waals surface area contributed by atoms with Crippen molar-refractivity contribution in [3.05, 3.63) is 26.9 Å². The van der Waals surface area contributed by atoms with Crippen molar-refractivity contribution in [1.82, 2.24) is 9.62 Å². The molecule has 0 spiro atoms. The first kappa shape index (κ1) is 18.8. The van der Waals surface area contributed by atoms with E-state index in [0.29, 0.717) is 34.4 Å². The van der Waals surface area contributed by atoms with Gasteiger partial charge in [0.05, 0.1) is 3.79 Å². The summed E-state index contributed by atoms with van der Waals surface area (Å²) in [5, 5.41) is 3.30. The Morgan fingerprint density at radius 3 is 2.62 bits per heavy atom. The predicted molar refractivity (Wildman–Crippen MR) is 93.2 cm³/mol. The fourth-order valence-corrected chi connectivity index (χ4v) is 5.86. The van der Waals surface area contributed by atoms with Crippen LogP contribution in [0.1, 0.15) is 32.6 Å². The van der Waals surface area contributed by atoms with Gasteiger partial charge in [0, 0.05) is 30.6 Å². The Morgan fingerprint density at radius 2 is 2.14 bits per heavy atom. The summed E-state index contributed by atoms with van der Waals surface area (Å²) in [6.07, 6.45) is 0. The molecule has 0 bridgehead atoms. The molecule has 1 aromatic rings. The van der Waals surface area contributed by atoms with Gasteiger partial charge in [0.15, 0.2) is 0 Å². The van der Waals surface area contributed by atoms with E-state index in [0.717, 1.165) is 10.5 Å². The summed E-state index contributed by atoms with van der Waals surface area (Å²) in [5.74, 6) is 0. The number of hydrogen-bond acceptors (Lipinski definition) is 4. The molecule has 0 radical (unpaired) electrons. The lowest BCUT2D eigenvalue weighted by molar-refractivity contribution is 0.453. The Hall–Kier alpha value is -0.210. The lowest BCUT2D eigenvalue weighted by atomic mass is 10.3. The van der Waals surface area contributed by atoms with Crippen molar-refractivity contribution in [1.29, 1.82) is 0 Å². The molecule has 1 heterocycles. The molecular formula is C14H23BrN2O2S2. The van der Waals surface area contributed by atoms with E-state index in [1.807, 2.05) is 13.8 Å². The predicted octanol–water partition coefficient (Wildman–Crippen LogP) is 3.60. The highest BCUT2D eigenvalue weighted by Crippen LogP contribution is 2.33. The first-order valence-corrected chi connectivity index (χ1v) is 9.89. The minimum atomic E-state index is -3.49. The molecule has 1 rings (SSSR count). The second-order valence-electron chi connectivity index (χ2n) is 5.27. The van der Waals surface area contributed by atoms with E-state index >= 15 is 0 Å². The lowest BCUT2D eigenvalue weighted by Gasteiger charge is -2.20. The van der Waals surface area contributed by atoms with Crippen LogP contribution in [-0.2, 0) is 16.6 Å². The molecule has 0 aromatic carbocycles. The SMILES string of the molecule is C=C(C)CN(CC)S(=O)(=O)c1cc(CNC(C)C)sc1Br. The molecule has 0 saturated carbocycles. The number of thiophene rings is 1. The lowest BCUT2D eigenvalue weighted by Crippen LogP contribution is -2.32. The van der Waals surface area contributed by atoms with Crippen molar-refractivity contribution >= 4 is 37.3 Å². The molecule has 0 saturated heterocycles. The first-order chi connectivity index (χ1) is 9.68. The highest BCUT2D eigenvalue weighted by Gasteiger charge is 2.27. The molecule has 0 fully saturated rings. The van der Waals surface area contributed by atoms with Crippen LogP contribution in [-0.4, -0.2) is 31.9 Å². The van der Waals surface area contributed by atoms with Crippen LogP contribution in [0.5, 0.6) is 0 Å².